The van der Waals surface area contributed by atoms with Gasteiger partial charge in [0, 0.05) is 17.5 Å². The van der Waals surface area contributed by atoms with Gasteiger partial charge in [-0.2, -0.15) is 0 Å². The van der Waals surface area contributed by atoms with Crippen LogP contribution >= 0.6 is 0 Å². The van der Waals surface area contributed by atoms with Gasteiger partial charge in [-0.3, -0.25) is 9.59 Å². The third-order valence-electron chi connectivity index (χ3n) is 3.76. The first kappa shape index (κ1) is 16.8. The summed E-state index contributed by atoms with van der Waals surface area (Å²) in [5.41, 5.74) is 0.325. The van der Waals surface area contributed by atoms with Gasteiger partial charge in [0.15, 0.2) is 17.5 Å². The number of aromatic amines is 1. The van der Waals surface area contributed by atoms with Crippen LogP contribution in [-0.4, -0.2) is 10.9 Å². The summed E-state index contributed by atoms with van der Waals surface area (Å²) in [5, 5.41) is 3.00. The van der Waals surface area contributed by atoms with E-state index in [1.165, 1.54) is 0 Å². The first-order valence-corrected chi connectivity index (χ1v) is 7.50. The lowest BCUT2D eigenvalue weighted by Crippen LogP contribution is -2.18. The minimum atomic E-state index is -1.65. The van der Waals surface area contributed by atoms with Gasteiger partial charge in [0.2, 0.25) is 5.91 Å². The standard InChI is InChI=1S/C18H13F3N2O2/c19-12-6-7-14(17(21)16(12)20)22-15(24)8-5-11-9-10-3-1-2-4-13(10)23-18(11)25/h1-4,6-7,9H,5,8H2,(H,22,24)(H,23,25). The zero-order chi connectivity index (χ0) is 18.0. The van der Waals surface area contributed by atoms with E-state index in [2.05, 4.69) is 10.3 Å². The van der Waals surface area contributed by atoms with Gasteiger partial charge in [-0.15, -0.1) is 0 Å². The fourth-order valence-corrected chi connectivity index (χ4v) is 2.46. The summed E-state index contributed by atoms with van der Waals surface area (Å²) in [6.07, 6.45) is 0.0111. The third-order valence-corrected chi connectivity index (χ3v) is 3.76. The Labute approximate surface area is 140 Å². The van der Waals surface area contributed by atoms with Crippen molar-refractivity contribution in [2.75, 3.05) is 5.32 Å². The molecule has 2 aromatic carbocycles. The number of hydrogen-bond donors (Lipinski definition) is 2. The van der Waals surface area contributed by atoms with Crippen molar-refractivity contribution in [1.82, 2.24) is 4.98 Å². The second kappa shape index (κ2) is 6.80. The summed E-state index contributed by atoms with van der Waals surface area (Å²) in [5.74, 6) is -5.06. The van der Waals surface area contributed by atoms with Crippen LogP contribution in [0.2, 0.25) is 0 Å². The average molecular weight is 346 g/mol. The number of rotatable bonds is 4. The molecule has 1 aromatic heterocycles. The van der Waals surface area contributed by atoms with E-state index in [0.717, 1.165) is 17.5 Å². The molecule has 25 heavy (non-hydrogen) atoms. The maximum absolute atomic E-state index is 13.5. The van der Waals surface area contributed by atoms with Crippen LogP contribution in [-0.2, 0) is 11.2 Å². The number of halogens is 3. The summed E-state index contributed by atoms with van der Waals surface area (Å²) in [4.78, 5) is 26.6. The van der Waals surface area contributed by atoms with Crippen molar-refractivity contribution in [1.29, 1.82) is 0 Å². The first-order chi connectivity index (χ1) is 12.0. The van der Waals surface area contributed by atoms with Crippen molar-refractivity contribution in [2.24, 2.45) is 0 Å². The zero-order valence-electron chi connectivity index (χ0n) is 12.9. The van der Waals surface area contributed by atoms with E-state index in [4.69, 9.17) is 0 Å². The molecule has 3 aromatic rings. The summed E-state index contributed by atoms with van der Waals surface area (Å²) >= 11 is 0. The molecule has 0 saturated heterocycles. The van der Waals surface area contributed by atoms with E-state index in [9.17, 15) is 22.8 Å². The molecule has 1 amide bonds. The molecule has 0 aliphatic heterocycles. The maximum atomic E-state index is 13.5. The van der Waals surface area contributed by atoms with Crippen molar-refractivity contribution in [3.63, 3.8) is 0 Å². The molecule has 0 spiro atoms. The molecule has 0 aliphatic rings. The fraction of sp³-hybridized carbons (Fsp3) is 0.111. The molecule has 2 N–H and O–H groups in total. The number of aryl methyl sites for hydroxylation is 1. The van der Waals surface area contributed by atoms with Crippen LogP contribution in [0, 0.1) is 17.5 Å². The van der Waals surface area contributed by atoms with Gasteiger partial charge in [0.05, 0.1) is 5.69 Å². The predicted octanol–water partition coefficient (Wildman–Crippen LogP) is 3.52. The second-order valence-corrected chi connectivity index (χ2v) is 5.48. The van der Waals surface area contributed by atoms with Crippen molar-refractivity contribution < 1.29 is 18.0 Å². The van der Waals surface area contributed by atoms with Crippen LogP contribution in [0.4, 0.5) is 18.9 Å². The van der Waals surface area contributed by atoms with E-state index in [-0.39, 0.29) is 18.4 Å². The highest BCUT2D eigenvalue weighted by molar-refractivity contribution is 5.91. The number of fused-ring (bicyclic) bond motifs is 1. The van der Waals surface area contributed by atoms with Gasteiger partial charge in [-0.1, -0.05) is 18.2 Å². The number of aromatic nitrogens is 1. The van der Waals surface area contributed by atoms with E-state index < -0.39 is 29.0 Å². The van der Waals surface area contributed by atoms with Crippen LogP contribution in [0.25, 0.3) is 10.9 Å². The van der Waals surface area contributed by atoms with E-state index in [1.54, 1.807) is 18.2 Å². The maximum Gasteiger partial charge on any atom is 0.251 e. The minimum Gasteiger partial charge on any atom is -0.323 e. The molecule has 3 rings (SSSR count). The van der Waals surface area contributed by atoms with Crippen molar-refractivity contribution in [3.05, 3.63) is 75.8 Å². The smallest absolute Gasteiger partial charge is 0.251 e. The predicted molar refractivity (Wildman–Crippen MR) is 87.8 cm³/mol. The van der Waals surface area contributed by atoms with Crippen molar-refractivity contribution >= 4 is 22.5 Å². The lowest BCUT2D eigenvalue weighted by molar-refractivity contribution is -0.116. The number of amides is 1. The zero-order valence-corrected chi connectivity index (χ0v) is 12.9. The Balaban J connectivity index is 1.72. The topological polar surface area (TPSA) is 62.0 Å². The highest BCUT2D eigenvalue weighted by Gasteiger charge is 2.15. The summed E-state index contributed by atoms with van der Waals surface area (Å²) < 4.78 is 39.6. The Morgan fingerprint density at radius 1 is 1.04 bits per heavy atom. The quantitative estimate of drug-likeness (QED) is 0.710. The first-order valence-electron chi connectivity index (χ1n) is 7.50. The SMILES string of the molecule is O=C(CCc1cc2ccccc2[nH]c1=O)Nc1ccc(F)c(F)c1F. The lowest BCUT2D eigenvalue weighted by atomic mass is 10.1. The lowest BCUT2D eigenvalue weighted by Gasteiger charge is -2.07. The Morgan fingerprint density at radius 2 is 1.80 bits per heavy atom. The van der Waals surface area contributed by atoms with Crippen molar-refractivity contribution in [3.8, 4) is 0 Å². The van der Waals surface area contributed by atoms with Gasteiger partial charge in [-0.05, 0) is 36.1 Å². The Hall–Kier alpha value is -3.09. The largest absolute Gasteiger partial charge is 0.323 e. The Kier molecular flexibility index (Phi) is 4.56. The van der Waals surface area contributed by atoms with Crippen LogP contribution in [0.3, 0.4) is 0 Å². The molecule has 0 bridgehead atoms. The molecule has 128 valence electrons. The second-order valence-electron chi connectivity index (χ2n) is 5.48. The molecule has 1 heterocycles. The molecule has 0 saturated carbocycles. The van der Waals surface area contributed by atoms with Gasteiger partial charge in [0.25, 0.3) is 5.56 Å². The number of H-pyrrole nitrogens is 1. The molecule has 4 nitrogen and oxygen atoms in total. The summed E-state index contributed by atoms with van der Waals surface area (Å²) in [6.45, 7) is 0. The number of hydrogen-bond acceptors (Lipinski definition) is 2. The van der Waals surface area contributed by atoms with Crippen LogP contribution in [0.1, 0.15) is 12.0 Å². The number of nitrogens with one attached hydrogen (secondary N) is 2. The molecular weight excluding hydrogens is 333 g/mol. The summed E-state index contributed by atoms with van der Waals surface area (Å²) in [6, 6.07) is 10.5. The van der Waals surface area contributed by atoms with Gasteiger partial charge >= 0.3 is 0 Å². The van der Waals surface area contributed by atoms with Crippen LogP contribution in [0.15, 0.2) is 47.3 Å². The molecule has 0 radical (unpaired) electrons. The van der Waals surface area contributed by atoms with Gasteiger partial charge in [0.1, 0.15) is 0 Å². The van der Waals surface area contributed by atoms with E-state index >= 15 is 0 Å². The minimum absolute atomic E-state index is 0.111. The Bertz CT molecular complexity index is 1010. The molecule has 0 atom stereocenters. The number of carbonyl (C=O) groups is 1. The molecule has 7 heteroatoms. The third kappa shape index (κ3) is 3.55. The van der Waals surface area contributed by atoms with Crippen LogP contribution in [0.5, 0.6) is 0 Å². The normalized spacial score (nSPS) is 10.8. The fourth-order valence-electron chi connectivity index (χ4n) is 2.46. The number of pyridine rings is 1. The highest BCUT2D eigenvalue weighted by atomic mass is 19.2. The molecule has 0 aliphatic carbocycles. The highest BCUT2D eigenvalue weighted by Crippen LogP contribution is 2.20. The number of benzene rings is 2. The monoisotopic (exact) mass is 346 g/mol. The van der Waals surface area contributed by atoms with Crippen LogP contribution < -0.4 is 10.9 Å². The van der Waals surface area contributed by atoms with Crippen molar-refractivity contribution in [2.45, 2.75) is 12.8 Å². The van der Waals surface area contributed by atoms with Gasteiger partial charge < -0.3 is 10.3 Å². The van der Waals surface area contributed by atoms with Gasteiger partial charge in [-0.25, -0.2) is 13.2 Å². The average Bonchev–Trinajstić information content (AvgIpc) is 2.60. The van der Waals surface area contributed by atoms with E-state index in [0.29, 0.717) is 11.1 Å². The van der Waals surface area contributed by atoms with E-state index in [1.807, 2.05) is 12.1 Å². The molecular formula is C18H13F3N2O2. The Morgan fingerprint density at radius 3 is 2.60 bits per heavy atom. The number of para-hydroxylation sites is 1. The number of anilines is 1. The molecule has 0 unspecified atom stereocenters. The summed E-state index contributed by atoms with van der Waals surface area (Å²) in [7, 11) is 0. The number of carbonyl (C=O) groups excluding carboxylic acids is 1. The molecule has 0 fully saturated rings.